The van der Waals surface area contributed by atoms with E-state index in [0.29, 0.717) is 11.3 Å². The SMILES string of the molecule is N#Cc1ccc(N2C(=O)CC(c3ccccc3)(c3ccccc3)C2=O)cc1. The van der Waals surface area contributed by atoms with Crippen molar-refractivity contribution in [2.75, 3.05) is 4.90 Å². The zero-order valence-corrected chi connectivity index (χ0v) is 14.5. The Labute approximate surface area is 157 Å². The highest BCUT2D eigenvalue weighted by atomic mass is 16.2. The molecular formula is C23H16N2O2. The van der Waals surface area contributed by atoms with Crippen molar-refractivity contribution in [3.8, 4) is 6.07 Å². The lowest BCUT2D eigenvalue weighted by molar-refractivity contribution is -0.122. The van der Waals surface area contributed by atoms with Gasteiger partial charge in [0.2, 0.25) is 11.8 Å². The molecule has 4 nitrogen and oxygen atoms in total. The van der Waals surface area contributed by atoms with Gasteiger partial charge in [0, 0.05) is 0 Å². The number of anilines is 1. The Balaban J connectivity index is 1.87. The normalized spacial score (nSPS) is 15.6. The fourth-order valence-corrected chi connectivity index (χ4v) is 3.69. The average molecular weight is 352 g/mol. The van der Waals surface area contributed by atoms with Crippen molar-refractivity contribution >= 4 is 17.5 Å². The molecule has 0 aromatic heterocycles. The third-order valence-electron chi connectivity index (χ3n) is 5.02. The van der Waals surface area contributed by atoms with Gasteiger partial charge in [-0.1, -0.05) is 60.7 Å². The van der Waals surface area contributed by atoms with Crippen molar-refractivity contribution in [2.45, 2.75) is 11.8 Å². The summed E-state index contributed by atoms with van der Waals surface area (Å²) in [5.74, 6) is -0.521. The number of amides is 2. The van der Waals surface area contributed by atoms with Crippen LogP contribution in [0.2, 0.25) is 0 Å². The highest BCUT2D eigenvalue weighted by Crippen LogP contribution is 2.44. The summed E-state index contributed by atoms with van der Waals surface area (Å²) in [7, 11) is 0. The second-order valence-corrected chi connectivity index (χ2v) is 6.51. The van der Waals surface area contributed by atoms with E-state index in [4.69, 9.17) is 5.26 Å². The molecule has 1 aliphatic rings. The molecule has 2 amide bonds. The molecule has 0 unspecified atom stereocenters. The first-order valence-electron chi connectivity index (χ1n) is 8.65. The lowest BCUT2D eigenvalue weighted by Gasteiger charge is -2.28. The maximum absolute atomic E-state index is 13.6. The summed E-state index contributed by atoms with van der Waals surface area (Å²) in [4.78, 5) is 27.8. The molecule has 1 aliphatic heterocycles. The monoisotopic (exact) mass is 352 g/mol. The van der Waals surface area contributed by atoms with Gasteiger partial charge in [-0.15, -0.1) is 0 Å². The summed E-state index contributed by atoms with van der Waals surface area (Å²) < 4.78 is 0. The number of imide groups is 1. The summed E-state index contributed by atoms with van der Waals surface area (Å²) in [6.07, 6.45) is 0.0693. The molecule has 4 heteroatoms. The summed E-state index contributed by atoms with van der Waals surface area (Å²) >= 11 is 0. The third kappa shape index (κ3) is 2.61. The number of nitrogens with zero attached hydrogens (tertiary/aromatic N) is 2. The Morgan fingerprint density at radius 2 is 1.30 bits per heavy atom. The minimum Gasteiger partial charge on any atom is -0.274 e. The van der Waals surface area contributed by atoms with Crippen LogP contribution in [0.25, 0.3) is 0 Å². The van der Waals surface area contributed by atoms with Crippen molar-refractivity contribution in [3.63, 3.8) is 0 Å². The van der Waals surface area contributed by atoms with E-state index in [9.17, 15) is 9.59 Å². The van der Waals surface area contributed by atoms with Crippen molar-refractivity contribution in [3.05, 3.63) is 102 Å². The van der Waals surface area contributed by atoms with Crippen molar-refractivity contribution in [1.82, 2.24) is 0 Å². The van der Waals surface area contributed by atoms with Crippen LogP contribution in [0, 0.1) is 11.3 Å². The van der Waals surface area contributed by atoms with E-state index in [1.54, 1.807) is 24.3 Å². The molecule has 0 radical (unpaired) electrons. The van der Waals surface area contributed by atoms with Crippen molar-refractivity contribution in [2.24, 2.45) is 0 Å². The molecule has 27 heavy (non-hydrogen) atoms. The van der Waals surface area contributed by atoms with Crippen LogP contribution >= 0.6 is 0 Å². The highest BCUT2D eigenvalue weighted by Gasteiger charge is 2.54. The number of nitriles is 1. The van der Waals surface area contributed by atoms with E-state index in [2.05, 4.69) is 0 Å². The van der Waals surface area contributed by atoms with E-state index in [1.807, 2.05) is 66.7 Å². The Hall–Kier alpha value is -3.71. The molecule has 130 valence electrons. The van der Waals surface area contributed by atoms with Crippen LogP contribution in [0.3, 0.4) is 0 Å². The molecule has 0 atom stereocenters. The zero-order chi connectivity index (χ0) is 18.9. The maximum Gasteiger partial charge on any atom is 0.249 e. The number of rotatable bonds is 3. The standard InChI is InChI=1S/C23H16N2O2/c24-16-17-11-13-20(14-12-17)25-21(26)15-23(22(25)27,18-7-3-1-4-8-18)19-9-5-2-6-10-19/h1-14H,15H2. The van der Waals surface area contributed by atoms with Crippen molar-refractivity contribution < 1.29 is 9.59 Å². The molecular weight excluding hydrogens is 336 g/mol. The molecule has 3 aromatic rings. The van der Waals surface area contributed by atoms with Crippen LogP contribution in [0.5, 0.6) is 0 Å². The first-order chi connectivity index (χ1) is 13.2. The quantitative estimate of drug-likeness (QED) is 0.674. The molecule has 0 bridgehead atoms. The van der Waals surface area contributed by atoms with Crippen LogP contribution in [-0.2, 0) is 15.0 Å². The van der Waals surface area contributed by atoms with Crippen LogP contribution in [0.1, 0.15) is 23.1 Å². The Morgan fingerprint density at radius 3 is 1.78 bits per heavy atom. The molecule has 4 rings (SSSR count). The number of hydrogen-bond donors (Lipinski definition) is 0. The fraction of sp³-hybridized carbons (Fsp3) is 0.0870. The van der Waals surface area contributed by atoms with Crippen LogP contribution < -0.4 is 4.90 Å². The Kier molecular flexibility index (Phi) is 4.06. The Bertz CT molecular complexity index is 996. The van der Waals surface area contributed by atoms with Gasteiger partial charge < -0.3 is 0 Å². The second-order valence-electron chi connectivity index (χ2n) is 6.51. The van der Waals surface area contributed by atoms with Gasteiger partial charge in [-0.3, -0.25) is 9.59 Å². The number of benzene rings is 3. The second kappa shape index (κ2) is 6.54. The summed E-state index contributed by atoms with van der Waals surface area (Å²) in [5, 5.41) is 8.98. The topological polar surface area (TPSA) is 61.2 Å². The first kappa shape index (κ1) is 16.7. The summed E-state index contributed by atoms with van der Waals surface area (Å²) in [6, 6.07) is 27.4. The lowest BCUT2D eigenvalue weighted by atomic mass is 9.73. The van der Waals surface area contributed by atoms with E-state index >= 15 is 0 Å². The lowest BCUT2D eigenvalue weighted by Crippen LogP contribution is -2.39. The maximum atomic E-state index is 13.6. The largest absolute Gasteiger partial charge is 0.274 e. The minimum absolute atomic E-state index is 0.0693. The van der Waals surface area contributed by atoms with Gasteiger partial charge in [0.05, 0.1) is 23.7 Å². The predicted molar refractivity (Wildman–Crippen MR) is 102 cm³/mol. The van der Waals surface area contributed by atoms with E-state index < -0.39 is 5.41 Å². The smallest absolute Gasteiger partial charge is 0.249 e. The molecule has 1 heterocycles. The van der Waals surface area contributed by atoms with E-state index in [1.165, 1.54) is 4.90 Å². The van der Waals surface area contributed by atoms with Gasteiger partial charge in [-0.2, -0.15) is 5.26 Å². The zero-order valence-electron chi connectivity index (χ0n) is 14.5. The van der Waals surface area contributed by atoms with Crippen LogP contribution in [0.4, 0.5) is 5.69 Å². The number of carbonyl (C=O) groups excluding carboxylic acids is 2. The van der Waals surface area contributed by atoms with Crippen molar-refractivity contribution in [1.29, 1.82) is 5.26 Å². The third-order valence-corrected chi connectivity index (χ3v) is 5.02. The van der Waals surface area contributed by atoms with Gasteiger partial charge in [-0.25, -0.2) is 4.90 Å². The van der Waals surface area contributed by atoms with E-state index in [-0.39, 0.29) is 18.2 Å². The summed E-state index contributed by atoms with van der Waals surface area (Å²) in [5.41, 5.74) is 1.51. The average Bonchev–Trinajstić information content (AvgIpc) is 3.00. The number of carbonyl (C=O) groups is 2. The van der Waals surface area contributed by atoms with Gasteiger partial charge in [-0.05, 0) is 35.4 Å². The highest BCUT2D eigenvalue weighted by molar-refractivity contribution is 6.26. The van der Waals surface area contributed by atoms with Gasteiger partial charge in [0.25, 0.3) is 0 Å². The van der Waals surface area contributed by atoms with Crippen LogP contribution in [-0.4, -0.2) is 11.8 Å². The van der Waals surface area contributed by atoms with E-state index in [0.717, 1.165) is 11.1 Å². The van der Waals surface area contributed by atoms with Crippen LogP contribution in [0.15, 0.2) is 84.9 Å². The minimum atomic E-state index is -1.05. The predicted octanol–water partition coefficient (Wildman–Crippen LogP) is 3.81. The first-order valence-corrected chi connectivity index (χ1v) is 8.65. The summed E-state index contributed by atoms with van der Waals surface area (Å²) in [6.45, 7) is 0. The Morgan fingerprint density at radius 1 is 0.778 bits per heavy atom. The molecule has 1 fully saturated rings. The van der Waals surface area contributed by atoms with Gasteiger partial charge >= 0.3 is 0 Å². The molecule has 0 spiro atoms. The number of hydrogen-bond acceptors (Lipinski definition) is 3. The molecule has 0 aliphatic carbocycles. The fourth-order valence-electron chi connectivity index (χ4n) is 3.69. The molecule has 0 saturated carbocycles. The van der Waals surface area contributed by atoms with Gasteiger partial charge in [0.1, 0.15) is 5.41 Å². The van der Waals surface area contributed by atoms with Gasteiger partial charge in [0.15, 0.2) is 0 Å². The molecule has 3 aromatic carbocycles. The molecule has 1 saturated heterocycles. The molecule has 0 N–H and O–H groups in total.